The van der Waals surface area contributed by atoms with E-state index in [2.05, 4.69) is 11.8 Å². The highest BCUT2D eigenvalue weighted by Crippen LogP contribution is 2.07. The average Bonchev–Trinajstić information content (AvgIpc) is 2.45. The van der Waals surface area contributed by atoms with E-state index in [-0.39, 0.29) is 11.3 Å². The van der Waals surface area contributed by atoms with Crippen molar-refractivity contribution in [1.29, 1.82) is 0 Å². The fraction of sp³-hybridized carbons (Fsp3) is 0.0588. The van der Waals surface area contributed by atoms with E-state index in [1.807, 2.05) is 0 Å². The number of Topliss-reactive ketones (excluding diaryl/α,β-unsaturated/α-hetero) is 1. The van der Waals surface area contributed by atoms with Crippen LogP contribution >= 0.6 is 0 Å². The molecule has 0 heterocycles. The maximum atomic E-state index is 11.3. The monoisotopic (exact) mass is 264 g/mol. The quantitative estimate of drug-likeness (QED) is 0.670. The van der Waals surface area contributed by atoms with Crippen LogP contribution in [-0.2, 0) is 0 Å². The van der Waals surface area contributed by atoms with Gasteiger partial charge in [0.15, 0.2) is 5.78 Å². The number of hydrogen-bond donors (Lipinski definition) is 1. The zero-order chi connectivity index (χ0) is 14.5. The van der Waals surface area contributed by atoms with Crippen LogP contribution in [0.15, 0.2) is 48.5 Å². The van der Waals surface area contributed by atoms with Crippen LogP contribution in [0.1, 0.15) is 38.8 Å². The van der Waals surface area contributed by atoms with E-state index < -0.39 is 5.97 Å². The van der Waals surface area contributed by atoms with Crippen molar-refractivity contribution < 1.29 is 14.7 Å². The average molecular weight is 264 g/mol. The third-order valence-corrected chi connectivity index (χ3v) is 2.73. The molecule has 0 aromatic heterocycles. The van der Waals surface area contributed by atoms with E-state index in [0.717, 1.165) is 5.56 Å². The molecule has 0 amide bonds. The van der Waals surface area contributed by atoms with Gasteiger partial charge in [-0.15, -0.1) is 0 Å². The third-order valence-electron chi connectivity index (χ3n) is 2.73. The molecule has 0 atom stereocenters. The number of carboxylic acid groups (broad SMARTS) is 1. The summed E-state index contributed by atoms with van der Waals surface area (Å²) in [6.45, 7) is 1.50. The van der Waals surface area contributed by atoms with Gasteiger partial charge in [-0.25, -0.2) is 4.79 Å². The normalized spacial score (nSPS) is 9.45. The molecular weight excluding hydrogens is 252 g/mol. The Labute approximate surface area is 116 Å². The predicted molar refractivity (Wildman–Crippen MR) is 75.8 cm³/mol. The van der Waals surface area contributed by atoms with E-state index >= 15 is 0 Å². The number of benzene rings is 2. The number of ketones is 1. The summed E-state index contributed by atoms with van der Waals surface area (Å²) < 4.78 is 0. The fourth-order valence-electron chi connectivity index (χ4n) is 1.69. The predicted octanol–water partition coefficient (Wildman–Crippen LogP) is 2.99. The van der Waals surface area contributed by atoms with Crippen molar-refractivity contribution in [1.82, 2.24) is 0 Å². The van der Waals surface area contributed by atoms with E-state index in [4.69, 9.17) is 5.11 Å². The summed E-state index contributed by atoms with van der Waals surface area (Å²) >= 11 is 0. The molecule has 20 heavy (non-hydrogen) atoms. The highest BCUT2D eigenvalue weighted by molar-refractivity contribution is 5.94. The molecule has 2 aromatic rings. The van der Waals surface area contributed by atoms with Crippen LogP contribution in [0.3, 0.4) is 0 Å². The molecule has 0 aliphatic carbocycles. The van der Waals surface area contributed by atoms with E-state index in [1.165, 1.54) is 19.1 Å². The minimum atomic E-state index is -0.979. The highest BCUT2D eigenvalue weighted by atomic mass is 16.4. The second kappa shape index (κ2) is 5.85. The van der Waals surface area contributed by atoms with E-state index in [9.17, 15) is 9.59 Å². The number of hydrogen-bond acceptors (Lipinski definition) is 2. The van der Waals surface area contributed by atoms with Crippen LogP contribution < -0.4 is 0 Å². The first-order chi connectivity index (χ1) is 9.56. The molecule has 3 nitrogen and oxygen atoms in total. The Hall–Kier alpha value is -2.86. The van der Waals surface area contributed by atoms with Gasteiger partial charge in [-0.05, 0) is 37.3 Å². The van der Waals surface area contributed by atoms with Crippen molar-refractivity contribution in [3.8, 4) is 11.8 Å². The summed E-state index contributed by atoms with van der Waals surface area (Å²) in [6.07, 6.45) is 0. The van der Waals surface area contributed by atoms with Gasteiger partial charge in [-0.2, -0.15) is 0 Å². The standard InChI is InChI=1S/C17H12O3/c1-12(18)15-6-2-4-13(10-15)8-9-14-5-3-7-16(11-14)17(19)20/h2-7,10-11H,1H3,(H,19,20). The molecule has 0 aliphatic rings. The first kappa shape index (κ1) is 13.6. The van der Waals surface area contributed by atoms with Gasteiger partial charge in [-0.1, -0.05) is 30.0 Å². The summed E-state index contributed by atoms with van der Waals surface area (Å²) in [5.41, 5.74) is 2.15. The number of aromatic carboxylic acids is 1. The molecule has 1 N–H and O–H groups in total. The summed E-state index contributed by atoms with van der Waals surface area (Å²) in [5.74, 6) is 4.83. The van der Waals surface area contributed by atoms with Crippen LogP contribution in [-0.4, -0.2) is 16.9 Å². The topological polar surface area (TPSA) is 54.4 Å². The molecule has 0 aliphatic heterocycles. The lowest BCUT2D eigenvalue weighted by Crippen LogP contribution is -1.95. The molecule has 0 bridgehead atoms. The first-order valence-corrected chi connectivity index (χ1v) is 6.02. The van der Waals surface area contributed by atoms with Crippen molar-refractivity contribution >= 4 is 11.8 Å². The molecular formula is C17H12O3. The van der Waals surface area contributed by atoms with Gasteiger partial charge in [0.25, 0.3) is 0 Å². The van der Waals surface area contributed by atoms with Crippen molar-refractivity contribution in [3.63, 3.8) is 0 Å². The molecule has 0 radical (unpaired) electrons. The Morgan fingerprint density at radius 3 is 1.90 bits per heavy atom. The van der Waals surface area contributed by atoms with E-state index in [1.54, 1.807) is 36.4 Å². The lowest BCUT2D eigenvalue weighted by molar-refractivity contribution is 0.0696. The summed E-state index contributed by atoms with van der Waals surface area (Å²) in [6, 6.07) is 13.5. The molecule has 0 saturated carbocycles. The summed E-state index contributed by atoms with van der Waals surface area (Å²) in [4.78, 5) is 22.1. The van der Waals surface area contributed by atoms with Gasteiger partial charge < -0.3 is 5.11 Å². The molecule has 2 rings (SSSR count). The van der Waals surface area contributed by atoms with Gasteiger partial charge in [-0.3, -0.25) is 4.79 Å². The van der Waals surface area contributed by atoms with Crippen molar-refractivity contribution in [3.05, 3.63) is 70.8 Å². The fourth-order valence-corrected chi connectivity index (χ4v) is 1.69. The van der Waals surface area contributed by atoms with Gasteiger partial charge in [0.2, 0.25) is 0 Å². The Kier molecular flexibility index (Phi) is 3.97. The molecule has 98 valence electrons. The molecule has 0 fully saturated rings. The van der Waals surface area contributed by atoms with Crippen LogP contribution in [0.5, 0.6) is 0 Å². The Balaban J connectivity index is 2.31. The largest absolute Gasteiger partial charge is 0.478 e. The van der Waals surface area contributed by atoms with Gasteiger partial charge in [0, 0.05) is 16.7 Å². The molecule has 2 aromatic carbocycles. The number of carbonyl (C=O) groups is 2. The lowest BCUT2D eigenvalue weighted by atomic mass is 10.1. The Bertz CT molecular complexity index is 672. The van der Waals surface area contributed by atoms with Crippen LogP contribution in [0.2, 0.25) is 0 Å². The zero-order valence-electron chi connectivity index (χ0n) is 10.9. The third kappa shape index (κ3) is 3.33. The van der Waals surface area contributed by atoms with Crippen molar-refractivity contribution in [2.45, 2.75) is 6.92 Å². The SMILES string of the molecule is CC(=O)c1cccc(C#Cc2cccc(C(=O)O)c2)c1. The zero-order valence-corrected chi connectivity index (χ0v) is 10.9. The first-order valence-electron chi connectivity index (χ1n) is 6.02. The van der Waals surface area contributed by atoms with Gasteiger partial charge in [0.1, 0.15) is 0 Å². The maximum absolute atomic E-state index is 11.3. The second-order valence-electron chi connectivity index (χ2n) is 4.27. The van der Waals surface area contributed by atoms with Gasteiger partial charge >= 0.3 is 5.97 Å². The van der Waals surface area contributed by atoms with Crippen molar-refractivity contribution in [2.24, 2.45) is 0 Å². The summed E-state index contributed by atoms with van der Waals surface area (Å²) in [5, 5.41) is 8.91. The number of carboxylic acids is 1. The Morgan fingerprint density at radius 1 is 0.900 bits per heavy atom. The molecule has 3 heteroatoms. The second-order valence-corrected chi connectivity index (χ2v) is 4.27. The van der Waals surface area contributed by atoms with E-state index in [0.29, 0.717) is 11.1 Å². The molecule has 0 saturated heterocycles. The number of carbonyl (C=O) groups excluding carboxylic acids is 1. The summed E-state index contributed by atoms with van der Waals surface area (Å²) in [7, 11) is 0. The Morgan fingerprint density at radius 2 is 1.40 bits per heavy atom. The smallest absolute Gasteiger partial charge is 0.335 e. The van der Waals surface area contributed by atoms with Crippen molar-refractivity contribution in [2.75, 3.05) is 0 Å². The maximum Gasteiger partial charge on any atom is 0.335 e. The minimum Gasteiger partial charge on any atom is -0.478 e. The number of rotatable bonds is 2. The lowest BCUT2D eigenvalue weighted by Gasteiger charge is -1.96. The van der Waals surface area contributed by atoms with Crippen LogP contribution in [0.4, 0.5) is 0 Å². The molecule has 0 unspecified atom stereocenters. The molecule has 0 spiro atoms. The van der Waals surface area contributed by atoms with Gasteiger partial charge in [0.05, 0.1) is 5.56 Å². The minimum absolute atomic E-state index is 0.0125. The van der Waals surface area contributed by atoms with Crippen LogP contribution in [0, 0.1) is 11.8 Å². The highest BCUT2D eigenvalue weighted by Gasteiger charge is 2.01. The van der Waals surface area contributed by atoms with Crippen LogP contribution in [0.25, 0.3) is 0 Å².